The van der Waals surface area contributed by atoms with Gasteiger partial charge in [-0.1, -0.05) is 19.9 Å². The Morgan fingerprint density at radius 2 is 1.93 bits per heavy atom. The van der Waals surface area contributed by atoms with Crippen molar-refractivity contribution in [2.75, 3.05) is 0 Å². The van der Waals surface area contributed by atoms with Gasteiger partial charge < -0.3 is 10.2 Å². The highest BCUT2D eigenvalue weighted by Crippen LogP contribution is 2.19. The van der Waals surface area contributed by atoms with E-state index in [0.29, 0.717) is 6.42 Å². The van der Waals surface area contributed by atoms with Crippen LogP contribution in [-0.4, -0.2) is 16.2 Å². The molecule has 1 rings (SSSR count). The summed E-state index contributed by atoms with van der Waals surface area (Å²) < 4.78 is 0. The number of aryl methyl sites for hydroxylation is 1. The molecule has 3 nitrogen and oxygen atoms in total. The highest BCUT2D eigenvalue weighted by Gasteiger charge is 2.12. The van der Waals surface area contributed by atoms with E-state index in [1.54, 1.807) is 19.1 Å². The molecule has 2 N–H and O–H groups in total. The number of hydrogen-bond donors (Lipinski definition) is 2. The molecule has 0 fully saturated rings. The average molecular weight is 208 g/mol. The van der Waals surface area contributed by atoms with Crippen molar-refractivity contribution in [2.45, 2.75) is 26.7 Å². The smallest absolute Gasteiger partial charge is 0.306 e. The van der Waals surface area contributed by atoms with E-state index in [1.165, 1.54) is 0 Å². The summed E-state index contributed by atoms with van der Waals surface area (Å²) in [5.41, 5.74) is 1.91. The van der Waals surface area contributed by atoms with Gasteiger partial charge in [-0.15, -0.1) is 0 Å². The Hall–Kier alpha value is -1.51. The predicted octanol–water partition coefficient (Wildman–Crippen LogP) is 2.22. The molecule has 0 spiro atoms. The second-order valence-corrected chi connectivity index (χ2v) is 3.80. The van der Waals surface area contributed by atoms with Crippen LogP contribution in [0.4, 0.5) is 0 Å². The zero-order valence-corrected chi connectivity index (χ0v) is 9.03. The summed E-state index contributed by atoms with van der Waals surface area (Å²) in [4.78, 5) is 10.7. The molecule has 1 aromatic carbocycles. The molecule has 0 radical (unpaired) electrons. The fourth-order valence-corrected chi connectivity index (χ4v) is 1.51. The van der Waals surface area contributed by atoms with Gasteiger partial charge in [0.15, 0.2) is 0 Å². The third-order valence-corrected chi connectivity index (χ3v) is 2.41. The first kappa shape index (κ1) is 11.6. The van der Waals surface area contributed by atoms with Crippen molar-refractivity contribution in [2.24, 2.45) is 5.92 Å². The Kier molecular flexibility index (Phi) is 3.72. The molecule has 1 unspecified atom stereocenters. The predicted molar refractivity (Wildman–Crippen MR) is 58.0 cm³/mol. The number of rotatable bonds is 4. The second kappa shape index (κ2) is 4.82. The number of carboxylic acids is 1. The van der Waals surface area contributed by atoms with E-state index < -0.39 is 11.9 Å². The molecule has 0 aromatic heterocycles. The molecule has 0 heterocycles. The van der Waals surface area contributed by atoms with Crippen LogP contribution in [0.25, 0.3) is 0 Å². The minimum absolute atomic E-state index is 0.210. The number of aliphatic carboxylic acids is 1. The highest BCUT2D eigenvalue weighted by molar-refractivity contribution is 5.69. The normalized spacial score (nSPS) is 12.4. The summed E-state index contributed by atoms with van der Waals surface area (Å²) in [6.45, 7) is 3.66. The van der Waals surface area contributed by atoms with Gasteiger partial charge in [-0.3, -0.25) is 4.79 Å². The van der Waals surface area contributed by atoms with E-state index in [-0.39, 0.29) is 5.75 Å². The third-order valence-electron chi connectivity index (χ3n) is 2.41. The zero-order valence-electron chi connectivity index (χ0n) is 9.03. The number of carbonyl (C=O) groups is 1. The minimum atomic E-state index is -0.809. The van der Waals surface area contributed by atoms with Gasteiger partial charge in [-0.2, -0.15) is 0 Å². The minimum Gasteiger partial charge on any atom is -0.508 e. The quantitative estimate of drug-likeness (QED) is 0.797. The molecular formula is C12H16O3. The Labute approximate surface area is 89.4 Å². The van der Waals surface area contributed by atoms with Crippen molar-refractivity contribution in [3.05, 3.63) is 29.3 Å². The van der Waals surface area contributed by atoms with E-state index in [0.717, 1.165) is 17.5 Å². The maximum atomic E-state index is 10.7. The Balaban J connectivity index is 2.85. The third kappa shape index (κ3) is 3.27. The van der Waals surface area contributed by atoms with Crippen LogP contribution in [0.5, 0.6) is 5.75 Å². The van der Waals surface area contributed by atoms with Crippen molar-refractivity contribution in [3.63, 3.8) is 0 Å². The Morgan fingerprint density at radius 1 is 1.33 bits per heavy atom. The molecular weight excluding hydrogens is 192 g/mol. The number of hydrogen-bond acceptors (Lipinski definition) is 2. The molecule has 0 aliphatic heterocycles. The average Bonchev–Trinajstić information content (AvgIpc) is 2.16. The van der Waals surface area contributed by atoms with Gasteiger partial charge >= 0.3 is 5.97 Å². The van der Waals surface area contributed by atoms with Crippen LogP contribution in [0.2, 0.25) is 0 Å². The summed E-state index contributed by atoms with van der Waals surface area (Å²) in [6.07, 6.45) is 1.29. The van der Waals surface area contributed by atoms with E-state index in [9.17, 15) is 9.90 Å². The lowest BCUT2D eigenvalue weighted by molar-refractivity contribution is -0.141. The largest absolute Gasteiger partial charge is 0.508 e. The van der Waals surface area contributed by atoms with Crippen LogP contribution in [-0.2, 0) is 17.6 Å². The topological polar surface area (TPSA) is 57.5 Å². The van der Waals surface area contributed by atoms with Crippen molar-refractivity contribution in [1.29, 1.82) is 0 Å². The molecule has 0 amide bonds. The van der Waals surface area contributed by atoms with Crippen molar-refractivity contribution in [3.8, 4) is 5.75 Å². The van der Waals surface area contributed by atoms with E-state index in [1.807, 2.05) is 13.0 Å². The van der Waals surface area contributed by atoms with E-state index in [4.69, 9.17) is 5.11 Å². The van der Waals surface area contributed by atoms with E-state index >= 15 is 0 Å². The van der Waals surface area contributed by atoms with Crippen molar-refractivity contribution in [1.82, 2.24) is 0 Å². The highest BCUT2D eigenvalue weighted by atomic mass is 16.4. The molecule has 0 saturated carbocycles. The molecule has 82 valence electrons. The van der Waals surface area contributed by atoms with Gasteiger partial charge in [0.05, 0.1) is 5.92 Å². The first-order valence-corrected chi connectivity index (χ1v) is 5.07. The fourth-order valence-electron chi connectivity index (χ4n) is 1.51. The van der Waals surface area contributed by atoms with Crippen molar-refractivity contribution >= 4 is 5.97 Å². The molecule has 1 aromatic rings. The number of phenols is 1. The fraction of sp³-hybridized carbons (Fsp3) is 0.417. The number of benzene rings is 1. The van der Waals surface area contributed by atoms with Crippen LogP contribution in [0.1, 0.15) is 25.0 Å². The van der Waals surface area contributed by atoms with Crippen molar-refractivity contribution < 1.29 is 15.0 Å². The maximum absolute atomic E-state index is 10.7. The van der Waals surface area contributed by atoms with Gasteiger partial charge in [0, 0.05) is 0 Å². The number of phenolic OH excluding ortho intramolecular Hbond substituents is 1. The lowest BCUT2D eigenvalue weighted by Gasteiger charge is -2.08. The summed E-state index contributed by atoms with van der Waals surface area (Å²) in [5, 5.41) is 18.2. The molecule has 1 atom stereocenters. The van der Waals surface area contributed by atoms with Gasteiger partial charge in [0.2, 0.25) is 0 Å². The molecule has 0 bridgehead atoms. The van der Waals surface area contributed by atoms with Crippen LogP contribution in [0.3, 0.4) is 0 Å². The summed E-state index contributed by atoms with van der Waals surface area (Å²) >= 11 is 0. The van der Waals surface area contributed by atoms with Crippen LogP contribution in [0, 0.1) is 5.92 Å². The molecule has 0 aliphatic carbocycles. The lowest BCUT2D eigenvalue weighted by Crippen LogP contribution is -2.12. The molecule has 15 heavy (non-hydrogen) atoms. The van der Waals surface area contributed by atoms with Gasteiger partial charge in [-0.05, 0) is 36.1 Å². The standard InChI is InChI=1S/C12H16O3/c1-3-9-5-10(7-11(13)6-9)4-8(2)12(14)15/h5-8,13H,3-4H2,1-2H3,(H,14,15). The lowest BCUT2D eigenvalue weighted by atomic mass is 9.98. The second-order valence-electron chi connectivity index (χ2n) is 3.80. The number of aromatic hydroxyl groups is 1. The van der Waals surface area contributed by atoms with Gasteiger partial charge in [0.1, 0.15) is 5.75 Å². The molecule has 0 aliphatic rings. The van der Waals surface area contributed by atoms with Crippen LogP contribution < -0.4 is 0 Å². The van der Waals surface area contributed by atoms with Crippen LogP contribution in [0.15, 0.2) is 18.2 Å². The zero-order chi connectivity index (χ0) is 11.4. The monoisotopic (exact) mass is 208 g/mol. The number of carboxylic acid groups (broad SMARTS) is 1. The van der Waals surface area contributed by atoms with Gasteiger partial charge in [-0.25, -0.2) is 0 Å². The summed E-state index contributed by atoms with van der Waals surface area (Å²) in [7, 11) is 0. The van der Waals surface area contributed by atoms with Crippen LogP contribution >= 0.6 is 0 Å². The molecule has 3 heteroatoms. The van der Waals surface area contributed by atoms with Gasteiger partial charge in [0.25, 0.3) is 0 Å². The molecule has 0 saturated heterocycles. The first-order chi connectivity index (χ1) is 7.02. The Morgan fingerprint density at radius 3 is 2.47 bits per heavy atom. The van der Waals surface area contributed by atoms with E-state index in [2.05, 4.69) is 0 Å². The maximum Gasteiger partial charge on any atom is 0.306 e. The SMILES string of the molecule is CCc1cc(O)cc(CC(C)C(=O)O)c1. The Bertz CT molecular complexity index is 358. The summed E-state index contributed by atoms with van der Waals surface area (Å²) in [6, 6.07) is 5.27. The first-order valence-electron chi connectivity index (χ1n) is 5.07. The summed E-state index contributed by atoms with van der Waals surface area (Å²) in [5.74, 6) is -1.02.